The Balaban J connectivity index is 1.49. The fourth-order valence-electron chi connectivity index (χ4n) is 4.13. The highest BCUT2D eigenvalue weighted by atomic mass is 16.5. The first-order valence-electron chi connectivity index (χ1n) is 9.00. The number of fused-ring (bicyclic) bond motifs is 3. The number of hydrogen-bond acceptors (Lipinski definition) is 4. The van der Waals surface area contributed by atoms with Crippen molar-refractivity contribution >= 4 is 16.9 Å². The van der Waals surface area contributed by atoms with Crippen molar-refractivity contribution in [3.8, 4) is 5.75 Å². The Labute approximate surface area is 140 Å². The van der Waals surface area contributed by atoms with Gasteiger partial charge in [-0.25, -0.2) is 4.79 Å². The van der Waals surface area contributed by atoms with Crippen molar-refractivity contribution < 1.29 is 13.9 Å². The Morgan fingerprint density at radius 1 is 1.12 bits per heavy atom. The fourth-order valence-corrected chi connectivity index (χ4v) is 4.13. The number of carbonyl (C=O) groups is 1. The van der Waals surface area contributed by atoms with Crippen molar-refractivity contribution in [2.75, 3.05) is 0 Å². The number of aryl methyl sites for hydroxylation is 1. The lowest BCUT2D eigenvalue weighted by Crippen LogP contribution is -2.10. The zero-order valence-electron chi connectivity index (χ0n) is 13.8. The Morgan fingerprint density at radius 3 is 2.75 bits per heavy atom. The van der Waals surface area contributed by atoms with Crippen LogP contribution in [0.3, 0.4) is 0 Å². The molecule has 0 N–H and O–H groups in total. The van der Waals surface area contributed by atoms with Crippen molar-refractivity contribution in [2.24, 2.45) is 5.92 Å². The number of benzene rings is 1. The molecule has 0 aliphatic heterocycles. The molecule has 2 aliphatic carbocycles. The summed E-state index contributed by atoms with van der Waals surface area (Å²) < 4.78 is 10.9. The van der Waals surface area contributed by atoms with Gasteiger partial charge in [0, 0.05) is 23.4 Å². The van der Waals surface area contributed by atoms with E-state index in [1.165, 1.54) is 25.7 Å². The molecule has 0 spiro atoms. The van der Waals surface area contributed by atoms with E-state index in [9.17, 15) is 9.59 Å². The van der Waals surface area contributed by atoms with Gasteiger partial charge in [-0.15, -0.1) is 0 Å². The van der Waals surface area contributed by atoms with Crippen molar-refractivity contribution in [3.05, 3.63) is 39.7 Å². The van der Waals surface area contributed by atoms with E-state index < -0.39 is 0 Å². The molecule has 1 aromatic carbocycles. The normalized spacial score (nSPS) is 17.3. The Kier molecular flexibility index (Phi) is 4.13. The minimum atomic E-state index is -0.250. The first-order valence-corrected chi connectivity index (χ1v) is 9.00. The third-order valence-corrected chi connectivity index (χ3v) is 5.41. The monoisotopic (exact) mass is 326 g/mol. The van der Waals surface area contributed by atoms with E-state index in [1.807, 2.05) is 6.07 Å². The van der Waals surface area contributed by atoms with Crippen LogP contribution in [0.2, 0.25) is 0 Å². The molecule has 1 saturated carbocycles. The molecule has 4 rings (SSSR count). The molecule has 1 fully saturated rings. The predicted molar refractivity (Wildman–Crippen MR) is 91.3 cm³/mol. The molecule has 0 atom stereocenters. The molecule has 2 aromatic rings. The topological polar surface area (TPSA) is 56.5 Å². The van der Waals surface area contributed by atoms with Gasteiger partial charge in [0.05, 0.1) is 0 Å². The van der Waals surface area contributed by atoms with Gasteiger partial charge in [-0.1, -0.05) is 25.7 Å². The summed E-state index contributed by atoms with van der Waals surface area (Å²) in [7, 11) is 0. The summed E-state index contributed by atoms with van der Waals surface area (Å²) in [5, 5.41) is 0.966. The van der Waals surface area contributed by atoms with E-state index in [4.69, 9.17) is 9.15 Å². The number of hydrogen-bond donors (Lipinski definition) is 0. The zero-order valence-corrected chi connectivity index (χ0v) is 13.8. The summed E-state index contributed by atoms with van der Waals surface area (Å²) in [6.45, 7) is 0. The van der Waals surface area contributed by atoms with Gasteiger partial charge < -0.3 is 9.15 Å². The Bertz CT molecular complexity index is 827. The smallest absolute Gasteiger partial charge is 0.339 e. The first-order chi connectivity index (χ1) is 11.7. The lowest BCUT2D eigenvalue weighted by molar-refractivity contribution is -0.134. The Morgan fingerprint density at radius 2 is 1.92 bits per heavy atom. The maximum atomic E-state index is 12.0. The van der Waals surface area contributed by atoms with Crippen LogP contribution in [0.5, 0.6) is 5.75 Å². The van der Waals surface area contributed by atoms with E-state index >= 15 is 0 Å². The molecule has 4 nitrogen and oxygen atoms in total. The third kappa shape index (κ3) is 2.97. The minimum Gasteiger partial charge on any atom is -0.426 e. The van der Waals surface area contributed by atoms with E-state index in [0.717, 1.165) is 42.2 Å². The van der Waals surface area contributed by atoms with Crippen molar-refractivity contribution in [1.82, 2.24) is 0 Å². The molecule has 4 heteroatoms. The first kappa shape index (κ1) is 15.4. The molecule has 2 aliphatic rings. The highest BCUT2D eigenvalue weighted by molar-refractivity contribution is 5.84. The van der Waals surface area contributed by atoms with Crippen LogP contribution in [0.4, 0.5) is 0 Å². The number of esters is 1. The maximum Gasteiger partial charge on any atom is 0.339 e. The second-order valence-corrected chi connectivity index (χ2v) is 7.02. The van der Waals surface area contributed by atoms with Gasteiger partial charge >= 0.3 is 11.6 Å². The minimum absolute atomic E-state index is 0.204. The van der Waals surface area contributed by atoms with Crippen LogP contribution in [-0.4, -0.2) is 5.97 Å². The van der Waals surface area contributed by atoms with Crippen LogP contribution in [0.1, 0.15) is 56.1 Å². The van der Waals surface area contributed by atoms with Gasteiger partial charge in [-0.05, 0) is 49.3 Å². The SMILES string of the molecule is O=C(CCC1CCCC1)Oc1ccc2c3c(c(=O)oc2c1)CCC3. The summed E-state index contributed by atoms with van der Waals surface area (Å²) >= 11 is 0. The second-order valence-electron chi connectivity index (χ2n) is 7.02. The molecule has 0 radical (unpaired) electrons. The standard InChI is InChI=1S/C20H22O4/c21-19(11-8-13-4-1-2-5-13)23-14-9-10-16-15-6-3-7-17(15)20(22)24-18(16)12-14/h9-10,12-13H,1-8,11H2. The van der Waals surface area contributed by atoms with Crippen LogP contribution in [0.15, 0.2) is 27.4 Å². The lowest BCUT2D eigenvalue weighted by Gasteiger charge is -2.09. The molecule has 1 aromatic heterocycles. The number of carbonyl (C=O) groups excluding carboxylic acids is 1. The van der Waals surface area contributed by atoms with Gasteiger partial charge in [0.1, 0.15) is 11.3 Å². The highest BCUT2D eigenvalue weighted by Gasteiger charge is 2.20. The van der Waals surface area contributed by atoms with E-state index in [-0.39, 0.29) is 11.6 Å². The molecule has 0 unspecified atom stereocenters. The summed E-state index contributed by atoms with van der Waals surface area (Å²) in [6.07, 6.45) is 9.12. The van der Waals surface area contributed by atoms with Gasteiger partial charge in [-0.3, -0.25) is 4.79 Å². The lowest BCUT2D eigenvalue weighted by atomic mass is 10.0. The predicted octanol–water partition coefficient (Wildman–Crippen LogP) is 4.16. The quantitative estimate of drug-likeness (QED) is 0.481. The average molecular weight is 326 g/mol. The third-order valence-electron chi connectivity index (χ3n) is 5.41. The molecule has 0 saturated heterocycles. The number of ether oxygens (including phenoxy) is 1. The maximum absolute atomic E-state index is 12.0. The van der Waals surface area contributed by atoms with E-state index in [1.54, 1.807) is 12.1 Å². The number of rotatable bonds is 4. The Hall–Kier alpha value is -2.10. The summed E-state index contributed by atoms with van der Waals surface area (Å²) in [5.74, 6) is 0.930. The van der Waals surface area contributed by atoms with E-state index in [2.05, 4.69) is 0 Å². The van der Waals surface area contributed by atoms with Crippen molar-refractivity contribution in [3.63, 3.8) is 0 Å². The summed E-state index contributed by atoms with van der Waals surface area (Å²) in [5.41, 5.74) is 2.17. The highest BCUT2D eigenvalue weighted by Crippen LogP contribution is 2.31. The van der Waals surface area contributed by atoms with Crippen LogP contribution >= 0.6 is 0 Å². The van der Waals surface area contributed by atoms with Crippen LogP contribution in [0.25, 0.3) is 11.0 Å². The molecular weight excluding hydrogens is 304 g/mol. The van der Waals surface area contributed by atoms with Gasteiger partial charge in [0.25, 0.3) is 0 Å². The summed E-state index contributed by atoms with van der Waals surface area (Å²) in [4.78, 5) is 24.1. The van der Waals surface area contributed by atoms with E-state index in [0.29, 0.717) is 23.7 Å². The van der Waals surface area contributed by atoms with Crippen molar-refractivity contribution in [2.45, 2.75) is 57.8 Å². The zero-order chi connectivity index (χ0) is 16.5. The second kappa shape index (κ2) is 6.42. The van der Waals surface area contributed by atoms with Gasteiger partial charge in [0.2, 0.25) is 0 Å². The van der Waals surface area contributed by atoms with Gasteiger partial charge in [0.15, 0.2) is 0 Å². The molecule has 1 heterocycles. The molecule has 24 heavy (non-hydrogen) atoms. The van der Waals surface area contributed by atoms with Crippen molar-refractivity contribution in [1.29, 1.82) is 0 Å². The van der Waals surface area contributed by atoms with Crippen LogP contribution in [-0.2, 0) is 17.6 Å². The fraction of sp³-hybridized carbons (Fsp3) is 0.500. The van der Waals surface area contributed by atoms with Crippen LogP contribution in [0, 0.1) is 5.92 Å². The molecular formula is C20H22O4. The largest absolute Gasteiger partial charge is 0.426 e. The van der Waals surface area contributed by atoms with Gasteiger partial charge in [-0.2, -0.15) is 0 Å². The average Bonchev–Trinajstić information content (AvgIpc) is 3.25. The van der Waals surface area contributed by atoms with Crippen LogP contribution < -0.4 is 10.4 Å². The molecule has 126 valence electrons. The molecule has 0 amide bonds. The molecule has 0 bridgehead atoms. The summed E-state index contributed by atoms with van der Waals surface area (Å²) in [6, 6.07) is 5.37.